The molecule has 33 heavy (non-hydrogen) atoms. The van der Waals surface area contributed by atoms with E-state index < -0.39 is 6.04 Å². The third kappa shape index (κ3) is 3.93. The average molecular weight is 449 g/mol. The van der Waals surface area contributed by atoms with Crippen LogP contribution < -0.4 is 10.9 Å². The molecule has 7 nitrogen and oxygen atoms in total. The Kier molecular flexibility index (Phi) is 6.17. The third-order valence-corrected chi connectivity index (χ3v) is 7.62. The van der Waals surface area contributed by atoms with Gasteiger partial charge in [-0.05, 0) is 43.5 Å². The number of rotatable bonds is 6. The molecule has 0 bridgehead atoms. The second-order valence-corrected chi connectivity index (χ2v) is 9.55. The SMILES string of the molecule is C/C=C\c1ccc2n(c1=O)C[C@H]1[C@H](CO)[C@@H](C(=O)NC3CCCC3)N(Cc3cccnc3)[C@@H]21. The summed E-state index contributed by atoms with van der Waals surface area (Å²) in [6, 6.07) is 7.48. The van der Waals surface area contributed by atoms with Crippen LogP contribution in [-0.2, 0) is 17.9 Å². The highest BCUT2D eigenvalue weighted by molar-refractivity contribution is 5.83. The molecular weight excluding hydrogens is 416 g/mol. The molecule has 174 valence electrons. The molecule has 2 aromatic rings. The van der Waals surface area contributed by atoms with E-state index in [9.17, 15) is 14.7 Å². The van der Waals surface area contributed by atoms with Crippen LogP contribution in [-0.4, -0.2) is 44.2 Å². The number of carbonyl (C=O) groups is 1. The highest BCUT2D eigenvalue weighted by Gasteiger charge is 2.55. The minimum atomic E-state index is -0.440. The van der Waals surface area contributed by atoms with E-state index >= 15 is 0 Å². The van der Waals surface area contributed by atoms with Crippen LogP contribution in [0.3, 0.4) is 0 Å². The molecule has 5 rings (SSSR count). The number of amides is 1. The number of hydrogen-bond acceptors (Lipinski definition) is 5. The Hall–Kier alpha value is -2.77. The van der Waals surface area contributed by atoms with Crippen molar-refractivity contribution in [3.05, 3.63) is 69.9 Å². The second-order valence-electron chi connectivity index (χ2n) is 9.55. The van der Waals surface area contributed by atoms with Gasteiger partial charge in [-0.3, -0.25) is 19.5 Å². The fourth-order valence-corrected chi connectivity index (χ4v) is 6.17. The number of aliphatic hydroxyl groups excluding tert-OH is 1. The van der Waals surface area contributed by atoms with Crippen LogP contribution in [0.4, 0.5) is 0 Å². The van der Waals surface area contributed by atoms with E-state index in [4.69, 9.17) is 0 Å². The van der Waals surface area contributed by atoms with Gasteiger partial charge in [-0.2, -0.15) is 0 Å². The molecular formula is C26H32N4O3. The molecule has 1 amide bonds. The van der Waals surface area contributed by atoms with Gasteiger partial charge in [-0.25, -0.2) is 0 Å². The van der Waals surface area contributed by atoms with E-state index in [1.165, 1.54) is 0 Å². The maximum absolute atomic E-state index is 13.6. The van der Waals surface area contributed by atoms with Gasteiger partial charge in [-0.15, -0.1) is 0 Å². The smallest absolute Gasteiger partial charge is 0.258 e. The molecule has 3 aliphatic rings. The Bertz CT molecular complexity index is 1090. The standard InChI is InChI=1S/C26H32N4O3/c1-2-6-18-10-11-22-23-20(15-29(22)26(18)33)21(16-31)24(25(32)28-19-8-3-4-9-19)30(23)14-17-7-5-12-27-13-17/h2,5-7,10-13,19-21,23-24,31H,3-4,8-9,14-16H2,1H3,(H,28,32)/b6-2-/t20-,21-,23+,24-/m0/s1. The number of nitrogens with one attached hydrogen (secondary N) is 1. The molecule has 0 unspecified atom stereocenters. The zero-order valence-electron chi connectivity index (χ0n) is 19.1. The van der Waals surface area contributed by atoms with Gasteiger partial charge in [0, 0.05) is 61.2 Å². The second kappa shape index (κ2) is 9.23. The zero-order valence-corrected chi connectivity index (χ0v) is 19.1. The molecule has 2 fully saturated rings. The molecule has 7 heteroatoms. The van der Waals surface area contributed by atoms with Crippen LogP contribution >= 0.6 is 0 Å². The van der Waals surface area contributed by atoms with E-state index in [-0.39, 0.29) is 42.0 Å². The minimum absolute atomic E-state index is 0.000411. The predicted octanol–water partition coefficient (Wildman–Crippen LogP) is 2.50. The summed E-state index contributed by atoms with van der Waals surface area (Å²) in [6.45, 7) is 2.88. The van der Waals surface area contributed by atoms with Crippen molar-refractivity contribution in [2.24, 2.45) is 11.8 Å². The van der Waals surface area contributed by atoms with Crippen LogP contribution in [0, 0.1) is 11.8 Å². The molecule has 4 atom stereocenters. The van der Waals surface area contributed by atoms with Crippen LogP contribution in [0.5, 0.6) is 0 Å². The Morgan fingerprint density at radius 2 is 2.09 bits per heavy atom. The Labute approximate surface area is 194 Å². The first-order valence-corrected chi connectivity index (χ1v) is 12.0. The van der Waals surface area contributed by atoms with Crippen LogP contribution in [0.1, 0.15) is 55.5 Å². The normalized spacial score (nSPS) is 27.2. The highest BCUT2D eigenvalue weighted by atomic mass is 16.3. The summed E-state index contributed by atoms with van der Waals surface area (Å²) in [5.41, 5.74) is 2.60. The maximum Gasteiger partial charge on any atom is 0.258 e. The first-order valence-electron chi connectivity index (χ1n) is 12.0. The van der Waals surface area contributed by atoms with Crippen molar-refractivity contribution in [3.8, 4) is 0 Å². The van der Waals surface area contributed by atoms with Gasteiger partial charge in [0.05, 0.1) is 12.1 Å². The quantitative estimate of drug-likeness (QED) is 0.709. The molecule has 2 N–H and O–H groups in total. The fourth-order valence-electron chi connectivity index (χ4n) is 6.17. The molecule has 1 saturated heterocycles. The summed E-state index contributed by atoms with van der Waals surface area (Å²) in [7, 11) is 0. The molecule has 0 radical (unpaired) electrons. The van der Waals surface area contributed by atoms with Gasteiger partial charge < -0.3 is 15.0 Å². The summed E-state index contributed by atoms with van der Waals surface area (Å²) in [5, 5.41) is 13.7. The highest BCUT2D eigenvalue weighted by Crippen LogP contribution is 2.49. The molecule has 1 saturated carbocycles. The number of fused-ring (bicyclic) bond motifs is 3. The lowest BCUT2D eigenvalue weighted by Crippen LogP contribution is -2.50. The number of pyridine rings is 2. The Morgan fingerprint density at radius 1 is 1.27 bits per heavy atom. The topological polar surface area (TPSA) is 87.5 Å². The minimum Gasteiger partial charge on any atom is -0.396 e. The number of aromatic nitrogens is 2. The fraction of sp³-hybridized carbons (Fsp3) is 0.500. The molecule has 4 heterocycles. The van der Waals surface area contributed by atoms with Crippen molar-refractivity contribution in [1.29, 1.82) is 0 Å². The molecule has 2 aliphatic heterocycles. The number of hydrogen-bond donors (Lipinski definition) is 2. The average Bonchev–Trinajstić information content (AvgIpc) is 3.53. The lowest BCUT2D eigenvalue weighted by atomic mass is 9.88. The maximum atomic E-state index is 13.6. The van der Waals surface area contributed by atoms with Gasteiger partial charge in [0.15, 0.2) is 0 Å². The van der Waals surface area contributed by atoms with Crippen molar-refractivity contribution < 1.29 is 9.90 Å². The monoisotopic (exact) mass is 448 g/mol. The summed E-state index contributed by atoms with van der Waals surface area (Å²) in [4.78, 5) is 33.1. The van der Waals surface area contributed by atoms with Crippen molar-refractivity contribution in [1.82, 2.24) is 19.8 Å². The van der Waals surface area contributed by atoms with Gasteiger partial charge >= 0.3 is 0 Å². The Balaban J connectivity index is 1.54. The van der Waals surface area contributed by atoms with Gasteiger partial charge in [0.25, 0.3) is 5.56 Å². The largest absolute Gasteiger partial charge is 0.396 e. The first-order chi connectivity index (χ1) is 16.1. The molecule has 0 spiro atoms. The van der Waals surface area contributed by atoms with Crippen LogP contribution in [0.2, 0.25) is 0 Å². The number of carbonyl (C=O) groups excluding carboxylic acids is 1. The zero-order chi connectivity index (χ0) is 22.9. The van der Waals surface area contributed by atoms with Gasteiger partial charge in [0.1, 0.15) is 0 Å². The molecule has 1 aliphatic carbocycles. The van der Waals surface area contributed by atoms with Crippen LogP contribution in [0.25, 0.3) is 6.08 Å². The van der Waals surface area contributed by atoms with E-state index in [1.807, 2.05) is 54.1 Å². The summed E-state index contributed by atoms with van der Waals surface area (Å²) >= 11 is 0. The van der Waals surface area contributed by atoms with E-state index in [1.54, 1.807) is 6.20 Å². The lowest BCUT2D eigenvalue weighted by molar-refractivity contribution is -0.128. The predicted molar refractivity (Wildman–Crippen MR) is 126 cm³/mol. The van der Waals surface area contributed by atoms with Crippen molar-refractivity contribution >= 4 is 12.0 Å². The number of allylic oxidation sites excluding steroid dienone is 1. The van der Waals surface area contributed by atoms with Gasteiger partial charge in [-0.1, -0.05) is 31.1 Å². The van der Waals surface area contributed by atoms with E-state index in [2.05, 4.69) is 15.2 Å². The van der Waals surface area contributed by atoms with E-state index in [0.717, 1.165) is 36.9 Å². The van der Waals surface area contributed by atoms with Crippen molar-refractivity contribution in [2.75, 3.05) is 6.61 Å². The third-order valence-electron chi connectivity index (χ3n) is 7.62. The summed E-state index contributed by atoms with van der Waals surface area (Å²) in [5.74, 6) is -0.240. The Morgan fingerprint density at radius 3 is 2.79 bits per heavy atom. The molecule has 0 aromatic carbocycles. The number of aliphatic hydroxyl groups is 1. The van der Waals surface area contributed by atoms with Crippen molar-refractivity contribution in [2.45, 2.75) is 63.8 Å². The molecule has 2 aromatic heterocycles. The summed E-state index contributed by atoms with van der Waals surface area (Å²) < 4.78 is 1.84. The van der Waals surface area contributed by atoms with Crippen molar-refractivity contribution in [3.63, 3.8) is 0 Å². The van der Waals surface area contributed by atoms with E-state index in [0.29, 0.717) is 18.7 Å². The number of nitrogens with zero attached hydrogens (tertiary/aromatic N) is 3. The van der Waals surface area contributed by atoms with Crippen LogP contribution in [0.15, 0.2) is 47.5 Å². The first kappa shape index (κ1) is 22.0. The summed E-state index contributed by atoms with van der Waals surface area (Å²) in [6.07, 6.45) is 11.6. The van der Waals surface area contributed by atoms with Gasteiger partial charge in [0.2, 0.25) is 5.91 Å². The number of likely N-dealkylation sites (tertiary alicyclic amines) is 1. The lowest BCUT2D eigenvalue weighted by Gasteiger charge is -2.31.